The Hall–Kier alpha value is -1.06. The number of amides is 2. The van der Waals surface area contributed by atoms with Crippen LogP contribution in [-0.4, -0.2) is 34.8 Å². The van der Waals surface area contributed by atoms with Gasteiger partial charge in [0.1, 0.15) is 12.1 Å². The summed E-state index contributed by atoms with van der Waals surface area (Å²) in [6, 6.07) is -0.512. The largest absolute Gasteiger partial charge is 0.343 e. The van der Waals surface area contributed by atoms with Gasteiger partial charge < -0.3 is 10.2 Å². The van der Waals surface area contributed by atoms with Crippen LogP contribution in [0.5, 0.6) is 0 Å². The lowest BCUT2D eigenvalue weighted by molar-refractivity contribution is -0.151. The zero-order valence-electron chi connectivity index (χ0n) is 12.0. The standard InChI is InChI=1S/C14H26N2O2/c1-5-7-8-9-10(3)16-12(6-2)13(17)15-11(4)14(16)18/h10-12H,5-9H2,1-4H3,(H,15,17). The normalized spacial score (nSPS) is 26.1. The molecule has 1 N–H and O–H groups in total. The molecule has 1 aliphatic heterocycles. The Morgan fingerprint density at radius 2 is 1.94 bits per heavy atom. The van der Waals surface area contributed by atoms with E-state index in [4.69, 9.17) is 0 Å². The fourth-order valence-corrected chi connectivity index (χ4v) is 2.61. The van der Waals surface area contributed by atoms with Gasteiger partial charge >= 0.3 is 0 Å². The summed E-state index contributed by atoms with van der Waals surface area (Å²) in [5.74, 6) is 0.0531. The van der Waals surface area contributed by atoms with Crippen molar-refractivity contribution in [1.82, 2.24) is 10.2 Å². The molecule has 3 unspecified atom stereocenters. The predicted octanol–water partition coefficient (Wildman–Crippen LogP) is 2.08. The molecule has 4 heteroatoms. The molecule has 0 saturated carbocycles. The molecule has 0 aromatic heterocycles. The summed E-state index contributed by atoms with van der Waals surface area (Å²) in [7, 11) is 0. The Morgan fingerprint density at radius 3 is 2.50 bits per heavy atom. The van der Waals surface area contributed by atoms with Crippen molar-refractivity contribution in [3.05, 3.63) is 0 Å². The van der Waals surface area contributed by atoms with Gasteiger partial charge in [0.2, 0.25) is 11.8 Å². The highest BCUT2D eigenvalue weighted by molar-refractivity contribution is 5.96. The summed E-state index contributed by atoms with van der Waals surface area (Å²) in [5.41, 5.74) is 0. The third kappa shape index (κ3) is 3.24. The van der Waals surface area contributed by atoms with Gasteiger partial charge in [-0.3, -0.25) is 9.59 Å². The van der Waals surface area contributed by atoms with Gasteiger partial charge in [0.05, 0.1) is 0 Å². The molecule has 1 fully saturated rings. The SMILES string of the molecule is CCCCCC(C)N1C(=O)C(C)NC(=O)C1CC. The van der Waals surface area contributed by atoms with E-state index in [1.165, 1.54) is 12.8 Å². The summed E-state index contributed by atoms with van der Waals surface area (Å²) in [6.45, 7) is 7.94. The minimum absolute atomic E-state index is 0.00746. The van der Waals surface area contributed by atoms with Crippen molar-refractivity contribution in [2.75, 3.05) is 0 Å². The molecular formula is C14H26N2O2. The molecule has 0 radical (unpaired) electrons. The maximum absolute atomic E-state index is 12.2. The first-order valence-electron chi connectivity index (χ1n) is 7.15. The predicted molar refractivity (Wildman–Crippen MR) is 72.1 cm³/mol. The molecule has 3 atom stereocenters. The van der Waals surface area contributed by atoms with E-state index in [0.717, 1.165) is 12.8 Å². The number of carbonyl (C=O) groups is 2. The van der Waals surface area contributed by atoms with Gasteiger partial charge in [0.15, 0.2) is 0 Å². The average molecular weight is 254 g/mol. The van der Waals surface area contributed by atoms with Crippen LogP contribution in [0.1, 0.15) is 59.8 Å². The number of hydrogen-bond donors (Lipinski definition) is 1. The van der Waals surface area contributed by atoms with Crippen LogP contribution in [0, 0.1) is 0 Å². The van der Waals surface area contributed by atoms with Crippen molar-refractivity contribution < 1.29 is 9.59 Å². The van der Waals surface area contributed by atoms with E-state index in [1.807, 2.05) is 6.92 Å². The fourth-order valence-electron chi connectivity index (χ4n) is 2.61. The lowest BCUT2D eigenvalue weighted by Crippen LogP contribution is -2.64. The van der Waals surface area contributed by atoms with Crippen molar-refractivity contribution in [3.8, 4) is 0 Å². The molecule has 0 spiro atoms. The van der Waals surface area contributed by atoms with Gasteiger partial charge in [-0.1, -0.05) is 33.1 Å². The zero-order valence-corrected chi connectivity index (χ0v) is 12.0. The van der Waals surface area contributed by atoms with Crippen LogP contribution < -0.4 is 5.32 Å². The van der Waals surface area contributed by atoms with Crippen molar-refractivity contribution in [2.24, 2.45) is 0 Å². The topological polar surface area (TPSA) is 49.4 Å². The lowest BCUT2D eigenvalue weighted by atomic mass is 10.00. The van der Waals surface area contributed by atoms with E-state index in [9.17, 15) is 9.59 Å². The Labute approximate surface area is 110 Å². The van der Waals surface area contributed by atoms with Gasteiger partial charge in [-0.25, -0.2) is 0 Å². The van der Waals surface area contributed by atoms with Crippen LogP contribution in [0.15, 0.2) is 0 Å². The van der Waals surface area contributed by atoms with Crippen LogP contribution in [0.4, 0.5) is 0 Å². The van der Waals surface area contributed by atoms with Crippen LogP contribution in [0.25, 0.3) is 0 Å². The molecule has 1 aliphatic rings. The van der Waals surface area contributed by atoms with E-state index in [0.29, 0.717) is 6.42 Å². The van der Waals surface area contributed by atoms with Gasteiger partial charge in [0.25, 0.3) is 0 Å². The van der Waals surface area contributed by atoms with Crippen molar-refractivity contribution >= 4 is 11.8 Å². The van der Waals surface area contributed by atoms with E-state index in [1.54, 1.807) is 11.8 Å². The van der Waals surface area contributed by atoms with Gasteiger partial charge in [-0.05, 0) is 26.7 Å². The van der Waals surface area contributed by atoms with Crippen molar-refractivity contribution in [1.29, 1.82) is 0 Å². The summed E-state index contributed by atoms with van der Waals surface area (Å²) in [6.07, 6.45) is 5.14. The first-order chi connectivity index (χ1) is 8.52. The summed E-state index contributed by atoms with van der Waals surface area (Å²) >= 11 is 0. The molecule has 0 aromatic carbocycles. The highest BCUT2D eigenvalue weighted by Gasteiger charge is 2.39. The number of rotatable bonds is 6. The van der Waals surface area contributed by atoms with Gasteiger partial charge in [-0.2, -0.15) is 0 Å². The Kier molecular flexibility index (Phi) is 5.63. The molecule has 1 saturated heterocycles. The second-order valence-electron chi connectivity index (χ2n) is 5.24. The van der Waals surface area contributed by atoms with Crippen LogP contribution in [0.2, 0.25) is 0 Å². The Bertz CT molecular complexity index is 304. The summed E-state index contributed by atoms with van der Waals surface area (Å²) < 4.78 is 0. The Morgan fingerprint density at radius 1 is 1.28 bits per heavy atom. The summed E-state index contributed by atoms with van der Waals surface area (Å²) in [5, 5.41) is 2.75. The molecule has 0 aliphatic carbocycles. The molecule has 0 bridgehead atoms. The van der Waals surface area contributed by atoms with Gasteiger partial charge in [-0.15, -0.1) is 0 Å². The molecule has 0 aromatic rings. The molecule has 2 amide bonds. The van der Waals surface area contributed by atoms with Crippen LogP contribution >= 0.6 is 0 Å². The lowest BCUT2D eigenvalue weighted by Gasteiger charge is -2.41. The average Bonchev–Trinajstić information content (AvgIpc) is 2.33. The van der Waals surface area contributed by atoms with Crippen LogP contribution in [-0.2, 0) is 9.59 Å². The first-order valence-corrected chi connectivity index (χ1v) is 7.15. The van der Waals surface area contributed by atoms with E-state index < -0.39 is 0 Å². The molecule has 1 heterocycles. The number of nitrogens with one attached hydrogen (secondary N) is 1. The zero-order chi connectivity index (χ0) is 13.7. The molecule has 104 valence electrons. The quantitative estimate of drug-likeness (QED) is 0.738. The third-order valence-electron chi connectivity index (χ3n) is 3.71. The molecular weight excluding hydrogens is 228 g/mol. The number of carbonyl (C=O) groups excluding carboxylic acids is 2. The first kappa shape index (κ1) is 15.0. The molecule has 18 heavy (non-hydrogen) atoms. The molecule has 1 rings (SSSR count). The number of unbranched alkanes of at least 4 members (excludes halogenated alkanes) is 2. The minimum atomic E-state index is -0.381. The number of nitrogens with zero attached hydrogens (tertiary/aromatic N) is 1. The number of hydrogen-bond acceptors (Lipinski definition) is 2. The smallest absolute Gasteiger partial charge is 0.245 e. The Balaban J connectivity index is 2.72. The van der Waals surface area contributed by atoms with Crippen LogP contribution in [0.3, 0.4) is 0 Å². The summed E-state index contributed by atoms with van der Waals surface area (Å²) in [4.78, 5) is 26.0. The fraction of sp³-hybridized carbons (Fsp3) is 0.857. The van der Waals surface area contributed by atoms with E-state index in [-0.39, 0.29) is 29.9 Å². The highest BCUT2D eigenvalue weighted by Crippen LogP contribution is 2.20. The maximum atomic E-state index is 12.2. The monoisotopic (exact) mass is 254 g/mol. The van der Waals surface area contributed by atoms with Crippen molar-refractivity contribution in [3.63, 3.8) is 0 Å². The minimum Gasteiger partial charge on any atom is -0.343 e. The number of piperazine rings is 1. The van der Waals surface area contributed by atoms with Crippen molar-refractivity contribution in [2.45, 2.75) is 77.9 Å². The maximum Gasteiger partial charge on any atom is 0.245 e. The third-order valence-corrected chi connectivity index (χ3v) is 3.71. The van der Waals surface area contributed by atoms with Gasteiger partial charge in [0, 0.05) is 6.04 Å². The van der Waals surface area contributed by atoms with E-state index >= 15 is 0 Å². The second kappa shape index (κ2) is 6.76. The second-order valence-corrected chi connectivity index (χ2v) is 5.24. The molecule has 4 nitrogen and oxygen atoms in total. The van der Waals surface area contributed by atoms with E-state index in [2.05, 4.69) is 19.2 Å². The highest BCUT2D eigenvalue weighted by atomic mass is 16.2.